The number of rotatable bonds is 6. The maximum absolute atomic E-state index is 13.3. The van der Waals surface area contributed by atoms with Crippen molar-refractivity contribution in [3.8, 4) is 0 Å². The van der Waals surface area contributed by atoms with Gasteiger partial charge in [0.2, 0.25) is 10.0 Å². The van der Waals surface area contributed by atoms with Crippen LogP contribution in [0.3, 0.4) is 0 Å². The van der Waals surface area contributed by atoms with Crippen LogP contribution in [-0.4, -0.2) is 49.9 Å². The Hall–Kier alpha value is -3.20. The van der Waals surface area contributed by atoms with Gasteiger partial charge in [-0.3, -0.25) is 18.8 Å². The quantitative estimate of drug-likeness (QED) is 0.504. The molecule has 34 heavy (non-hydrogen) atoms. The van der Waals surface area contributed by atoms with Crippen molar-refractivity contribution in [3.63, 3.8) is 0 Å². The van der Waals surface area contributed by atoms with Crippen molar-refractivity contribution in [1.29, 1.82) is 0 Å². The molecule has 2 heterocycles. The minimum atomic E-state index is -3.38. The number of ketones is 1. The molecule has 3 aliphatic rings. The smallest absolute Gasteiger partial charge is 0.319 e. The molecule has 1 aliphatic carbocycles. The summed E-state index contributed by atoms with van der Waals surface area (Å²) < 4.78 is 26.0. The van der Waals surface area contributed by atoms with E-state index in [0.717, 1.165) is 35.3 Å². The molecule has 1 fully saturated rings. The number of urea groups is 1. The molecule has 0 bridgehead atoms. The first-order valence-electron chi connectivity index (χ1n) is 11.6. The molecule has 9 heteroatoms. The average molecular weight is 482 g/mol. The van der Waals surface area contributed by atoms with Crippen LogP contribution in [0.1, 0.15) is 52.9 Å². The van der Waals surface area contributed by atoms with E-state index in [-0.39, 0.29) is 18.1 Å². The van der Waals surface area contributed by atoms with Crippen LogP contribution in [0.15, 0.2) is 36.4 Å². The van der Waals surface area contributed by atoms with Crippen LogP contribution >= 0.6 is 0 Å². The number of nitrogens with zero attached hydrogens (tertiary/aromatic N) is 2. The molecule has 1 N–H and O–H groups in total. The van der Waals surface area contributed by atoms with Gasteiger partial charge in [-0.15, -0.1) is 0 Å². The van der Waals surface area contributed by atoms with E-state index < -0.39 is 27.5 Å². The monoisotopic (exact) mass is 481 g/mol. The number of anilines is 1. The highest BCUT2D eigenvalue weighted by molar-refractivity contribution is 7.92. The number of amides is 3. The number of benzene rings is 2. The van der Waals surface area contributed by atoms with Crippen LogP contribution in [0.5, 0.6) is 0 Å². The van der Waals surface area contributed by atoms with Crippen molar-refractivity contribution in [3.05, 3.63) is 64.2 Å². The number of carbonyl (C=O) groups is 3. The molecule has 0 saturated carbocycles. The molecule has 2 aromatic rings. The highest BCUT2D eigenvalue weighted by Crippen LogP contribution is 2.34. The molecule has 0 spiro atoms. The fourth-order valence-corrected chi connectivity index (χ4v) is 6.30. The zero-order valence-electron chi connectivity index (χ0n) is 19.3. The number of aryl methyl sites for hydroxylation is 2. The van der Waals surface area contributed by atoms with Gasteiger partial charge in [-0.2, -0.15) is 0 Å². The molecule has 2 aromatic carbocycles. The van der Waals surface area contributed by atoms with Gasteiger partial charge in [-0.25, -0.2) is 13.2 Å². The molecule has 0 radical (unpaired) electrons. The van der Waals surface area contributed by atoms with Gasteiger partial charge in [-0.05, 0) is 80.0 Å². The van der Waals surface area contributed by atoms with Crippen LogP contribution in [-0.2, 0) is 39.6 Å². The first-order valence-corrected chi connectivity index (χ1v) is 13.2. The lowest BCUT2D eigenvalue weighted by Gasteiger charge is -2.23. The minimum absolute atomic E-state index is 0.00227. The predicted octanol–water partition coefficient (Wildman–Crippen LogP) is 2.54. The topological polar surface area (TPSA) is 104 Å². The maximum Gasteiger partial charge on any atom is 0.325 e. The van der Waals surface area contributed by atoms with E-state index in [1.165, 1.54) is 15.4 Å². The van der Waals surface area contributed by atoms with Gasteiger partial charge in [0.25, 0.3) is 5.91 Å². The molecule has 2 aliphatic heterocycles. The van der Waals surface area contributed by atoms with E-state index in [0.29, 0.717) is 24.2 Å². The second kappa shape index (κ2) is 7.94. The van der Waals surface area contributed by atoms with Crippen molar-refractivity contribution in [2.45, 2.75) is 45.1 Å². The van der Waals surface area contributed by atoms with Crippen molar-refractivity contribution in [1.82, 2.24) is 10.2 Å². The SMILES string of the molecule is CCS(=O)(=O)N1CCc2cc(C(=O)CN3C(=O)N[C@@](C)(c4ccc5c(c4)CCC5)C3=O)ccc21. The third-order valence-corrected chi connectivity index (χ3v) is 8.99. The van der Waals surface area contributed by atoms with E-state index in [4.69, 9.17) is 0 Å². The minimum Gasteiger partial charge on any atom is -0.319 e. The normalized spacial score (nSPS) is 21.6. The number of hydrogen-bond acceptors (Lipinski definition) is 5. The lowest BCUT2D eigenvalue weighted by atomic mass is 9.89. The van der Waals surface area contributed by atoms with E-state index in [9.17, 15) is 22.8 Å². The standard InChI is InChI=1S/C25H27N3O5S/c1-3-34(32,33)28-12-11-18-13-19(8-10-21(18)28)22(29)15-27-23(30)25(2,26-24(27)31)20-9-7-16-5-4-6-17(16)14-20/h7-10,13-14H,3-6,11-12,15H2,1-2H3,(H,26,31)/t25-/m0/s1. The van der Waals surface area contributed by atoms with Crippen LogP contribution < -0.4 is 9.62 Å². The molecule has 0 unspecified atom stereocenters. The van der Waals surface area contributed by atoms with Crippen LogP contribution in [0.4, 0.5) is 10.5 Å². The number of imide groups is 1. The second-order valence-corrected chi connectivity index (χ2v) is 11.5. The van der Waals surface area contributed by atoms with E-state index >= 15 is 0 Å². The molecule has 178 valence electrons. The van der Waals surface area contributed by atoms with Crippen molar-refractivity contribution >= 4 is 33.4 Å². The van der Waals surface area contributed by atoms with Gasteiger partial charge in [0.1, 0.15) is 5.54 Å². The summed E-state index contributed by atoms with van der Waals surface area (Å²) in [5.41, 5.74) is 3.67. The largest absolute Gasteiger partial charge is 0.325 e. The Balaban J connectivity index is 1.35. The molecular formula is C25H27N3O5S. The summed E-state index contributed by atoms with van der Waals surface area (Å²) in [6.07, 6.45) is 3.57. The fourth-order valence-electron chi connectivity index (χ4n) is 5.14. The fraction of sp³-hybridized carbons (Fsp3) is 0.400. The third kappa shape index (κ3) is 3.50. The van der Waals surface area contributed by atoms with Gasteiger partial charge in [-0.1, -0.05) is 18.2 Å². The van der Waals surface area contributed by atoms with Crippen LogP contribution in [0, 0.1) is 0 Å². The maximum atomic E-state index is 13.3. The van der Waals surface area contributed by atoms with Gasteiger partial charge >= 0.3 is 6.03 Å². The van der Waals surface area contributed by atoms with E-state index in [1.807, 2.05) is 18.2 Å². The highest BCUT2D eigenvalue weighted by atomic mass is 32.2. The Kier molecular flexibility index (Phi) is 5.27. The highest BCUT2D eigenvalue weighted by Gasteiger charge is 2.49. The number of nitrogens with one attached hydrogen (secondary N) is 1. The molecule has 8 nitrogen and oxygen atoms in total. The Morgan fingerprint density at radius 1 is 1.03 bits per heavy atom. The van der Waals surface area contributed by atoms with Gasteiger partial charge in [0.05, 0.1) is 18.0 Å². The molecule has 5 rings (SSSR count). The molecule has 1 saturated heterocycles. The summed E-state index contributed by atoms with van der Waals surface area (Å²) in [5, 5.41) is 2.78. The van der Waals surface area contributed by atoms with Gasteiger partial charge in [0, 0.05) is 12.1 Å². The Labute approximate surface area is 199 Å². The summed E-state index contributed by atoms with van der Waals surface area (Å²) >= 11 is 0. The molecular weight excluding hydrogens is 454 g/mol. The number of hydrogen-bond donors (Lipinski definition) is 1. The van der Waals surface area contributed by atoms with Crippen LogP contribution in [0.2, 0.25) is 0 Å². The third-order valence-electron chi connectivity index (χ3n) is 7.21. The lowest BCUT2D eigenvalue weighted by molar-refractivity contribution is -0.130. The number of fused-ring (bicyclic) bond motifs is 2. The van der Waals surface area contributed by atoms with Crippen LogP contribution in [0.25, 0.3) is 0 Å². The zero-order valence-corrected chi connectivity index (χ0v) is 20.1. The Morgan fingerprint density at radius 3 is 2.56 bits per heavy atom. The Bertz CT molecular complexity index is 1340. The van der Waals surface area contributed by atoms with Crippen molar-refractivity contribution in [2.75, 3.05) is 23.1 Å². The summed E-state index contributed by atoms with van der Waals surface area (Å²) in [7, 11) is -3.38. The van der Waals surface area contributed by atoms with Crippen molar-refractivity contribution < 1.29 is 22.8 Å². The first kappa shape index (κ1) is 22.6. The van der Waals surface area contributed by atoms with E-state index in [2.05, 4.69) is 5.32 Å². The summed E-state index contributed by atoms with van der Waals surface area (Å²) in [5.74, 6) is -0.825. The number of Topliss-reactive ketones (excluding diaryl/α,β-unsaturated/α-hetero) is 1. The zero-order chi connectivity index (χ0) is 24.3. The molecule has 1 atom stereocenters. The second-order valence-electron chi connectivity index (χ2n) is 9.27. The average Bonchev–Trinajstić information content (AvgIpc) is 3.52. The molecule has 3 amide bonds. The molecule has 0 aromatic heterocycles. The van der Waals surface area contributed by atoms with Gasteiger partial charge in [0.15, 0.2) is 5.78 Å². The van der Waals surface area contributed by atoms with E-state index in [1.54, 1.807) is 32.0 Å². The number of carbonyl (C=O) groups excluding carboxylic acids is 3. The lowest BCUT2D eigenvalue weighted by Crippen LogP contribution is -2.41. The summed E-state index contributed by atoms with van der Waals surface area (Å²) in [4.78, 5) is 40.0. The summed E-state index contributed by atoms with van der Waals surface area (Å²) in [6.45, 7) is 3.24. The predicted molar refractivity (Wildman–Crippen MR) is 127 cm³/mol. The summed E-state index contributed by atoms with van der Waals surface area (Å²) in [6, 6.07) is 10.1. The van der Waals surface area contributed by atoms with Crippen molar-refractivity contribution in [2.24, 2.45) is 0 Å². The number of sulfonamides is 1. The van der Waals surface area contributed by atoms with Gasteiger partial charge < -0.3 is 5.32 Å². The Morgan fingerprint density at radius 2 is 1.79 bits per heavy atom. The first-order chi connectivity index (χ1) is 16.1.